The van der Waals surface area contributed by atoms with Crippen molar-refractivity contribution in [1.82, 2.24) is 0 Å². The third-order valence-corrected chi connectivity index (χ3v) is 10.9. The molecule has 1 aromatic rings. The van der Waals surface area contributed by atoms with Crippen molar-refractivity contribution in [2.24, 2.45) is 22.7 Å². The Bertz CT molecular complexity index is 1490. The topological polar surface area (TPSA) is 152 Å². The molecule has 12 heteroatoms. The van der Waals surface area contributed by atoms with Crippen molar-refractivity contribution in [1.29, 1.82) is 0 Å². The van der Waals surface area contributed by atoms with Crippen LogP contribution in [-0.2, 0) is 35.2 Å². The van der Waals surface area contributed by atoms with Crippen LogP contribution >= 0.6 is 0 Å². The predicted molar refractivity (Wildman–Crippen MR) is 150 cm³/mol. The average Bonchev–Trinajstić information content (AvgIpc) is 3.37. The molecular weight excluding hydrogens is 577 g/mol. The lowest BCUT2D eigenvalue weighted by Gasteiger charge is -2.62. The van der Waals surface area contributed by atoms with Crippen molar-refractivity contribution in [3.8, 4) is 0 Å². The second kappa shape index (κ2) is 10.0. The third-order valence-electron chi connectivity index (χ3n) is 10.9. The summed E-state index contributed by atoms with van der Waals surface area (Å²) in [5.74, 6) is -3.73. The number of hydrogen-bond acceptors (Lipinski definition) is 10. The van der Waals surface area contributed by atoms with Gasteiger partial charge >= 0.3 is 5.97 Å². The van der Waals surface area contributed by atoms with Gasteiger partial charge in [0, 0.05) is 16.7 Å². The van der Waals surface area contributed by atoms with Crippen LogP contribution in [0.3, 0.4) is 0 Å². The van der Waals surface area contributed by atoms with E-state index < -0.39 is 75.4 Å². The Labute approximate surface area is 253 Å². The number of alkyl halides is 1. The van der Waals surface area contributed by atoms with E-state index >= 15 is 4.39 Å². The van der Waals surface area contributed by atoms with Crippen molar-refractivity contribution in [2.45, 2.75) is 89.2 Å². The maximum atomic E-state index is 17.5. The van der Waals surface area contributed by atoms with Crippen molar-refractivity contribution in [3.05, 3.63) is 69.3 Å². The fourth-order valence-corrected chi connectivity index (χ4v) is 8.99. The number of rotatable bonds is 7. The van der Waals surface area contributed by atoms with Gasteiger partial charge in [0.15, 0.2) is 29.4 Å². The number of carbonyl (C=O) groups excluding carboxylic acids is 3. The van der Waals surface area contributed by atoms with Crippen molar-refractivity contribution < 1.29 is 48.0 Å². The van der Waals surface area contributed by atoms with Crippen LogP contribution in [0.2, 0.25) is 0 Å². The Morgan fingerprint density at radius 3 is 2.55 bits per heavy atom. The number of fused-ring (bicyclic) bond motifs is 7. The molecule has 0 bridgehead atoms. The first-order valence-electron chi connectivity index (χ1n) is 14.8. The maximum Gasteiger partial charge on any atom is 0.338 e. The molecule has 11 nitrogen and oxygen atoms in total. The van der Waals surface area contributed by atoms with E-state index in [0.29, 0.717) is 30.4 Å². The summed E-state index contributed by atoms with van der Waals surface area (Å²) in [6, 6.07) is 5.78. The number of allylic oxidation sites excluding steroid dienone is 4. The summed E-state index contributed by atoms with van der Waals surface area (Å²) >= 11 is 0. The molecule has 1 unspecified atom stereocenters. The monoisotopic (exact) mass is 613 g/mol. The fourth-order valence-electron chi connectivity index (χ4n) is 8.99. The molecule has 1 aromatic carbocycles. The number of ether oxygens (including phenoxy) is 3. The number of aliphatic hydroxyl groups is 1. The first-order valence-corrected chi connectivity index (χ1v) is 14.8. The van der Waals surface area contributed by atoms with Crippen LogP contribution in [0, 0.1) is 32.8 Å². The van der Waals surface area contributed by atoms with Gasteiger partial charge in [-0.1, -0.05) is 30.7 Å². The lowest BCUT2D eigenvalue weighted by molar-refractivity contribution is -0.763. The van der Waals surface area contributed by atoms with Crippen LogP contribution in [0.25, 0.3) is 0 Å². The highest BCUT2D eigenvalue weighted by atomic mass is 19.1. The molecule has 1 N–H and O–H groups in total. The molecule has 0 aromatic heterocycles. The van der Waals surface area contributed by atoms with Gasteiger partial charge in [-0.05, 0) is 82.2 Å². The molecule has 44 heavy (non-hydrogen) atoms. The average molecular weight is 614 g/mol. The summed E-state index contributed by atoms with van der Waals surface area (Å²) in [4.78, 5) is 54.0. The van der Waals surface area contributed by atoms with Gasteiger partial charge in [-0.3, -0.25) is 9.59 Å². The standard InChI is InChI=1S/C32H36FNO10/c1-28(2)43-26-14-23-22-10-9-20-13-21(35)11-12-29(20,3)31(22,33)24(36)15-30(23,4)32(26,44-28)25(37)17-41-27(38)19-7-5-18(6-8-19)16-42-34(39)40/h5-8,11-13,22-24,26,36H,9-10,14-17H2,1-4H3/t22-,23-,24-,26-,29-,30-,31?,32+/m0/s1. The number of nitrogens with zero attached hydrogens (tertiary/aromatic N) is 1. The molecule has 6 rings (SSSR count). The van der Waals surface area contributed by atoms with E-state index in [1.54, 1.807) is 26.8 Å². The van der Waals surface area contributed by atoms with E-state index in [-0.39, 0.29) is 24.4 Å². The highest BCUT2D eigenvalue weighted by Crippen LogP contribution is 2.72. The molecule has 1 aliphatic heterocycles. The number of benzene rings is 1. The van der Waals surface area contributed by atoms with E-state index in [1.165, 1.54) is 36.4 Å². The van der Waals surface area contributed by atoms with Crippen LogP contribution in [-0.4, -0.2) is 63.6 Å². The number of Topliss-reactive ketones (excluding diaryl/α,β-unsaturated/α-hetero) is 1. The Hall–Kier alpha value is -3.48. The van der Waals surface area contributed by atoms with Gasteiger partial charge in [-0.15, -0.1) is 10.1 Å². The largest absolute Gasteiger partial charge is 0.454 e. The van der Waals surface area contributed by atoms with Crippen molar-refractivity contribution in [2.75, 3.05) is 6.61 Å². The fraction of sp³-hybridized carbons (Fsp3) is 0.594. The zero-order valence-corrected chi connectivity index (χ0v) is 25.0. The summed E-state index contributed by atoms with van der Waals surface area (Å²) in [7, 11) is 0. The van der Waals surface area contributed by atoms with Gasteiger partial charge in [0.2, 0.25) is 5.78 Å². The number of esters is 1. The lowest BCUT2D eigenvalue weighted by Crippen LogP contribution is -2.70. The number of halogens is 1. The molecule has 0 amide bonds. The number of hydrogen-bond donors (Lipinski definition) is 1. The molecular formula is C32H36FNO10. The summed E-state index contributed by atoms with van der Waals surface area (Å²) in [5, 5.41) is 21.2. The molecule has 8 atom stereocenters. The van der Waals surface area contributed by atoms with Crippen molar-refractivity contribution >= 4 is 17.5 Å². The molecule has 1 saturated heterocycles. The summed E-state index contributed by atoms with van der Waals surface area (Å²) < 4.78 is 35.7. The van der Waals surface area contributed by atoms with E-state index in [0.717, 1.165) is 0 Å². The second-order valence-corrected chi connectivity index (χ2v) is 13.5. The molecule has 4 aliphatic carbocycles. The first-order chi connectivity index (χ1) is 20.6. The molecule has 0 radical (unpaired) electrons. The number of aliphatic hydroxyl groups excluding tert-OH is 1. The van der Waals surface area contributed by atoms with Gasteiger partial charge in [0.1, 0.15) is 6.61 Å². The minimum atomic E-state index is -2.08. The Morgan fingerprint density at radius 2 is 1.86 bits per heavy atom. The quantitative estimate of drug-likeness (QED) is 0.272. The summed E-state index contributed by atoms with van der Waals surface area (Å²) in [6.07, 6.45) is 3.26. The van der Waals surface area contributed by atoms with Gasteiger partial charge in [-0.2, -0.15) is 0 Å². The highest BCUT2D eigenvalue weighted by Gasteiger charge is 2.80. The molecule has 4 fully saturated rings. The zero-order chi connectivity index (χ0) is 31.9. The van der Waals surface area contributed by atoms with Crippen LogP contribution < -0.4 is 0 Å². The van der Waals surface area contributed by atoms with Gasteiger partial charge in [0.05, 0.1) is 17.8 Å². The van der Waals surface area contributed by atoms with Gasteiger partial charge in [0.25, 0.3) is 5.09 Å². The summed E-state index contributed by atoms with van der Waals surface area (Å²) in [5.41, 5.74) is -4.67. The molecule has 3 saturated carbocycles. The highest BCUT2D eigenvalue weighted by molar-refractivity contribution is 6.01. The lowest BCUT2D eigenvalue weighted by atomic mass is 9.44. The van der Waals surface area contributed by atoms with E-state index in [4.69, 9.17) is 14.2 Å². The Morgan fingerprint density at radius 1 is 1.16 bits per heavy atom. The summed E-state index contributed by atoms with van der Waals surface area (Å²) in [6.45, 7) is 6.03. The Kier molecular flexibility index (Phi) is 6.95. The van der Waals surface area contributed by atoms with Crippen molar-refractivity contribution in [3.63, 3.8) is 0 Å². The third kappa shape index (κ3) is 4.21. The minimum Gasteiger partial charge on any atom is -0.454 e. The second-order valence-electron chi connectivity index (χ2n) is 13.5. The van der Waals surface area contributed by atoms with Crippen LogP contribution in [0.15, 0.2) is 48.1 Å². The van der Waals surface area contributed by atoms with E-state index in [9.17, 15) is 29.6 Å². The molecule has 1 heterocycles. The van der Waals surface area contributed by atoms with Crippen LogP contribution in [0.1, 0.15) is 69.3 Å². The number of ketones is 2. The molecule has 0 spiro atoms. The molecule has 236 valence electrons. The van der Waals surface area contributed by atoms with Crippen LogP contribution in [0.4, 0.5) is 4.39 Å². The zero-order valence-electron chi connectivity index (χ0n) is 25.0. The van der Waals surface area contributed by atoms with Gasteiger partial charge < -0.3 is 24.2 Å². The first kappa shape index (κ1) is 30.5. The minimum absolute atomic E-state index is 0.0986. The SMILES string of the molecule is CC1(C)O[C@H]2C[C@H]3[C@@H]4CCC5=CC(=O)C=C[C@]5(C)C4(F)[C@@H](O)C[C@]3(C)[C@]2(C(=O)COC(=O)c2ccc(CO[N+](=O)[O-])cc2)O1. The van der Waals surface area contributed by atoms with Gasteiger partial charge in [-0.25, -0.2) is 9.18 Å². The van der Waals surface area contributed by atoms with Crippen LogP contribution in [0.5, 0.6) is 0 Å². The van der Waals surface area contributed by atoms with E-state index in [2.05, 4.69) is 4.84 Å². The maximum absolute atomic E-state index is 17.5. The Balaban J connectivity index is 1.27. The predicted octanol–water partition coefficient (Wildman–Crippen LogP) is 3.99. The normalized spacial score (nSPS) is 39.8. The van der Waals surface area contributed by atoms with E-state index in [1.807, 2.05) is 6.92 Å². The molecule has 5 aliphatic rings. The number of carbonyl (C=O) groups is 3. The smallest absolute Gasteiger partial charge is 0.338 e.